The van der Waals surface area contributed by atoms with Gasteiger partial charge in [-0.15, -0.1) is 11.3 Å². The summed E-state index contributed by atoms with van der Waals surface area (Å²) in [5.74, 6) is 0.669. The fraction of sp³-hybridized carbons (Fsp3) is 0.571. The van der Waals surface area contributed by atoms with Gasteiger partial charge in [-0.1, -0.05) is 39.0 Å². The minimum Gasteiger partial charge on any atom is -0.496 e. The SMILES string of the molecule is COc1c(CN2O[C@@H](CN)[C@@H]([C@H](C)O)[C@H]2C(=O)N[C@H]2C[C@@H]3C[C@H]([C@@H]2C)C3(C)C)cccc1-c1cc(C(=O)N[C@@H](Cc2cscn2)C(=O)N(C)C)cc(N(C)C)c1. The minimum atomic E-state index is -0.846. The zero-order chi connectivity index (χ0) is 40.6. The van der Waals surface area contributed by atoms with Crippen LogP contribution in [0.1, 0.15) is 62.2 Å². The van der Waals surface area contributed by atoms with Gasteiger partial charge in [-0.25, -0.2) is 4.98 Å². The third kappa shape index (κ3) is 8.17. The third-order valence-corrected chi connectivity index (χ3v) is 13.3. The van der Waals surface area contributed by atoms with Crippen LogP contribution < -0.4 is 26.0 Å². The molecule has 3 aliphatic carbocycles. The number of carbonyl (C=O) groups excluding carboxylic acids is 3. The zero-order valence-electron chi connectivity index (χ0n) is 34.1. The highest BCUT2D eigenvalue weighted by Crippen LogP contribution is 2.61. The number of aliphatic hydroxyl groups excluding tert-OH is 1. The van der Waals surface area contributed by atoms with E-state index in [0.717, 1.165) is 34.5 Å². The second kappa shape index (κ2) is 16.8. The van der Waals surface area contributed by atoms with Crippen molar-refractivity contribution in [3.63, 3.8) is 0 Å². The summed E-state index contributed by atoms with van der Waals surface area (Å²) in [6, 6.07) is 9.76. The normalized spacial score (nSPS) is 26.4. The summed E-state index contributed by atoms with van der Waals surface area (Å²) in [4.78, 5) is 55.5. The van der Waals surface area contributed by atoms with Crippen LogP contribution in [0.4, 0.5) is 5.69 Å². The molecule has 4 fully saturated rings. The molecule has 3 amide bonds. The van der Waals surface area contributed by atoms with Gasteiger partial charge in [-0.05, 0) is 66.7 Å². The first kappa shape index (κ1) is 41.6. The van der Waals surface area contributed by atoms with Gasteiger partial charge in [0.15, 0.2) is 0 Å². The molecule has 5 N–H and O–H groups in total. The monoisotopic (exact) mass is 789 g/mol. The molecule has 3 saturated carbocycles. The summed E-state index contributed by atoms with van der Waals surface area (Å²) in [6.45, 7) is 8.92. The van der Waals surface area contributed by atoms with E-state index in [-0.39, 0.29) is 42.8 Å². The number of hydroxylamine groups is 2. The van der Waals surface area contributed by atoms with Gasteiger partial charge in [0.05, 0.1) is 37.1 Å². The Morgan fingerprint density at radius 2 is 1.91 bits per heavy atom. The van der Waals surface area contributed by atoms with Gasteiger partial charge in [0.25, 0.3) is 5.91 Å². The smallest absolute Gasteiger partial charge is 0.252 e. The second-order valence-electron chi connectivity index (χ2n) is 16.9. The molecule has 56 heavy (non-hydrogen) atoms. The van der Waals surface area contributed by atoms with Crippen molar-refractivity contribution in [3.8, 4) is 16.9 Å². The molecule has 2 heterocycles. The Balaban J connectivity index is 1.29. The Hall–Kier alpha value is -4.08. The average molecular weight is 790 g/mol. The quantitative estimate of drug-likeness (QED) is 0.188. The number of amides is 3. The van der Waals surface area contributed by atoms with E-state index < -0.39 is 36.1 Å². The molecule has 304 valence electrons. The van der Waals surface area contributed by atoms with Crippen LogP contribution in [0.25, 0.3) is 11.1 Å². The number of aromatic nitrogens is 1. The fourth-order valence-electron chi connectivity index (χ4n) is 9.33. The third-order valence-electron chi connectivity index (χ3n) is 12.7. The molecule has 0 spiro atoms. The average Bonchev–Trinajstić information content (AvgIpc) is 3.82. The molecule has 2 bridgehead atoms. The largest absolute Gasteiger partial charge is 0.496 e. The number of ether oxygens (including phenoxy) is 1. The molecular weight excluding hydrogens is 731 g/mol. The number of likely N-dealkylation sites (N-methyl/N-ethyl adjacent to an activating group) is 1. The topological polar surface area (TPSA) is 163 Å². The Kier molecular flexibility index (Phi) is 12.5. The number of nitrogens with one attached hydrogen (secondary N) is 2. The predicted molar refractivity (Wildman–Crippen MR) is 218 cm³/mol. The van der Waals surface area contributed by atoms with Crippen LogP contribution in [0.15, 0.2) is 47.3 Å². The van der Waals surface area contributed by atoms with Crippen molar-refractivity contribution in [1.29, 1.82) is 0 Å². The Bertz CT molecular complexity index is 1880. The molecule has 1 aromatic heterocycles. The van der Waals surface area contributed by atoms with Crippen molar-refractivity contribution in [2.24, 2.45) is 34.8 Å². The van der Waals surface area contributed by atoms with E-state index in [1.165, 1.54) is 22.7 Å². The molecule has 0 unspecified atom stereocenters. The molecule has 3 aromatic rings. The summed E-state index contributed by atoms with van der Waals surface area (Å²) in [6.07, 6.45) is 0.992. The highest BCUT2D eigenvalue weighted by atomic mass is 32.1. The maximum atomic E-state index is 14.3. The number of aliphatic hydroxyl groups is 1. The highest BCUT2D eigenvalue weighted by Gasteiger charge is 2.57. The van der Waals surface area contributed by atoms with Gasteiger partial charge in [0, 0.05) is 80.9 Å². The molecule has 2 aromatic carbocycles. The number of benzene rings is 2. The molecule has 13 nitrogen and oxygen atoms in total. The van der Waals surface area contributed by atoms with E-state index in [1.54, 1.807) is 50.8 Å². The maximum Gasteiger partial charge on any atom is 0.252 e. The summed E-state index contributed by atoms with van der Waals surface area (Å²) in [7, 11) is 8.71. The van der Waals surface area contributed by atoms with Gasteiger partial charge in [-0.2, -0.15) is 5.06 Å². The molecule has 9 atom stereocenters. The van der Waals surface area contributed by atoms with Gasteiger partial charge < -0.3 is 36.0 Å². The summed E-state index contributed by atoms with van der Waals surface area (Å²) < 4.78 is 6.09. The number of methoxy groups -OCH3 is 1. The van der Waals surface area contributed by atoms with Crippen LogP contribution in [0.5, 0.6) is 5.75 Å². The van der Waals surface area contributed by atoms with E-state index in [0.29, 0.717) is 29.1 Å². The van der Waals surface area contributed by atoms with Crippen LogP contribution in [-0.4, -0.2) is 110 Å². The Labute approximate surface area is 334 Å². The van der Waals surface area contributed by atoms with Crippen molar-refractivity contribution in [2.45, 2.75) is 83.8 Å². The zero-order valence-corrected chi connectivity index (χ0v) is 34.9. The molecule has 14 heteroatoms. The Morgan fingerprint density at radius 1 is 1.16 bits per heavy atom. The van der Waals surface area contributed by atoms with E-state index in [4.69, 9.17) is 15.3 Å². The number of anilines is 1. The van der Waals surface area contributed by atoms with Gasteiger partial charge in [0.1, 0.15) is 17.8 Å². The van der Waals surface area contributed by atoms with Crippen LogP contribution in [0.2, 0.25) is 0 Å². The van der Waals surface area contributed by atoms with Crippen LogP contribution in [0.3, 0.4) is 0 Å². The van der Waals surface area contributed by atoms with Crippen molar-refractivity contribution < 1.29 is 29.1 Å². The first-order valence-electron chi connectivity index (χ1n) is 19.5. The number of nitrogens with two attached hydrogens (primary N) is 1. The number of para-hydroxylation sites is 1. The van der Waals surface area contributed by atoms with Crippen LogP contribution >= 0.6 is 11.3 Å². The molecule has 1 saturated heterocycles. The van der Waals surface area contributed by atoms with Crippen LogP contribution in [-0.2, 0) is 27.4 Å². The molecule has 1 aliphatic heterocycles. The number of rotatable bonds is 14. The predicted octanol–water partition coefficient (Wildman–Crippen LogP) is 3.94. The summed E-state index contributed by atoms with van der Waals surface area (Å²) in [5, 5.41) is 20.9. The van der Waals surface area contributed by atoms with E-state index in [1.807, 2.05) is 48.6 Å². The number of nitrogens with zero attached hydrogens (tertiary/aromatic N) is 4. The van der Waals surface area contributed by atoms with E-state index >= 15 is 0 Å². The summed E-state index contributed by atoms with van der Waals surface area (Å²) in [5.41, 5.74) is 12.2. The molecular formula is C42H59N7O6S. The number of carbonyl (C=O) groups is 3. The summed E-state index contributed by atoms with van der Waals surface area (Å²) >= 11 is 1.43. The first-order chi connectivity index (χ1) is 26.5. The number of hydrogen-bond donors (Lipinski definition) is 4. The number of fused-ring (bicyclic) bond motifs is 2. The second-order valence-corrected chi connectivity index (χ2v) is 17.6. The van der Waals surface area contributed by atoms with E-state index in [2.05, 4.69) is 36.4 Å². The lowest BCUT2D eigenvalue weighted by atomic mass is 9.45. The van der Waals surface area contributed by atoms with Crippen molar-refractivity contribution in [1.82, 2.24) is 25.6 Å². The van der Waals surface area contributed by atoms with Gasteiger partial charge in [0.2, 0.25) is 11.8 Å². The maximum absolute atomic E-state index is 14.3. The molecule has 7 rings (SSSR count). The van der Waals surface area contributed by atoms with Gasteiger partial charge in [-0.3, -0.25) is 19.2 Å². The number of thiazole rings is 1. The number of hydrogen-bond acceptors (Lipinski definition) is 11. The molecule has 0 radical (unpaired) electrons. The standard InChI is InChI=1S/C42H59N7O6S/c1-23-32-16-28(42(32,3)4)17-33(23)45-40(52)37-36(24(2)50)35(19-43)55-49(37)20-25-11-10-12-31(38(25)54-9)26-13-27(15-30(14-26)47(5)6)39(51)46-34(41(53)48(7)8)18-29-21-56-22-44-29/h10-15,21-24,28,32-37,50H,16-20,43H2,1-9H3,(H,45,52)(H,46,51)/t23-,24-,28-,32+,33-,34-,35-,36+,37-/m0/s1. The lowest BCUT2D eigenvalue weighted by Crippen LogP contribution is -2.62. The fourth-order valence-corrected chi connectivity index (χ4v) is 9.90. The lowest BCUT2D eigenvalue weighted by molar-refractivity contribution is -0.175. The molecule has 4 aliphatic rings. The highest BCUT2D eigenvalue weighted by molar-refractivity contribution is 7.07. The van der Waals surface area contributed by atoms with Crippen molar-refractivity contribution >= 4 is 34.7 Å². The van der Waals surface area contributed by atoms with E-state index in [9.17, 15) is 19.5 Å². The van der Waals surface area contributed by atoms with Crippen molar-refractivity contribution in [2.75, 3.05) is 46.7 Å². The first-order valence-corrected chi connectivity index (χ1v) is 20.5. The van der Waals surface area contributed by atoms with Gasteiger partial charge >= 0.3 is 0 Å². The minimum absolute atomic E-state index is 0.0459. The Morgan fingerprint density at radius 3 is 2.50 bits per heavy atom. The van der Waals surface area contributed by atoms with Crippen molar-refractivity contribution in [3.05, 3.63) is 64.1 Å². The lowest BCUT2D eigenvalue weighted by Gasteiger charge is -2.62. The van der Waals surface area contributed by atoms with Crippen LogP contribution in [0, 0.1) is 29.1 Å².